The summed E-state index contributed by atoms with van der Waals surface area (Å²) in [5.74, 6) is 0.772. The number of hydrogen-bond acceptors (Lipinski definition) is 2. The molecular formula is C15H14Br2ClNO. The van der Waals surface area contributed by atoms with Gasteiger partial charge in [-0.15, -0.1) is 0 Å². The van der Waals surface area contributed by atoms with E-state index in [1.165, 1.54) is 0 Å². The first-order valence-corrected chi connectivity index (χ1v) is 8.05. The molecule has 0 aliphatic carbocycles. The van der Waals surface area contributed by atoms with Gasteiger partial charge in [0.25, 0.3) is 0 Å². The van der Waals surface area contributed by atoms with Gasteiger partial charge in [-0.2, -0.15) is 0 Å². The van der Waals surface area contributed by atoms with E-state index < -0.39 is 0 Å². The molecule has 0 spiro atoms. The fourth-order valence-corrected chi connectivity index (χ4v) is 2.87. The maximum Gasteiger partial charge on any atom is 0.125 e. The number of ether oxygens (including phenoxy) is 1. The molecule has 0 radical (unpaired) electrons. The third-order valence-corrected chi connectivity index (χ3v) is 4.20. The second-order valence-electron chi connectivity index (χ2n) is 4.50. The summed E-state index contributed by atoms with van der Waals surface area (Å²) in [5.41, 5.74) is 7.86. The average Bonchev–Trinajstić information content (AvgIpc) is 2.37. The van der Waals surface area contributed by atoms with Gasteiger partial charge in [-0.1, -0.05) is 55.6 Å². The molecule has 20 heavy (non-hydrogen) atoms. The van der Waals surface area contributed by atoms with Gasteiger partial charge < -0.3 is 10.5 Å². The zero-order valence-corrected chi connectivity index (χ0v) is 14.8. The van der Waals surface area contributed by atoms with Gasteiger partial charge in [0, 0.05) is 31.1 Å². The van der Waals surface area contributed by atoms with E-state index in [0.29, 0.717) is 11.6 Å². The molecule has 2 aromatic carbocycles. The Morgan fingerprint density at radius 1 is 1.15 bits per heavy atom. The van der Waals surface area contributed by atoms with Crippen molar-refractivity contribution < 1.29 is 4.74 Å². The van der Waals surface area contributed by atoms with Gasteiger partial charge >= 0.3 is 0 Å². The normalized spacial score (nSPS) is 12.2. The molecule has 2 aromatic rings. The molecule has 1 unspecified atom stereocenters. The van der Waals surface area contributed by atoms with E-state index >= 15 is 0 Å². The van der Waals surface area contributed by atoms with Gasteiger partial charge in [0.1, 0.15) is 12.4 Å². The smallest absolute Gasteiger partial charge is 0.125 e. The second-order valence-corrected chi connectivity index (χ2v) is 6.73. The Kier molecular flexibility index (Phi) is 5.49. The molecule has 5 heteroatoms. The van der Waals surface area contributed by atoms with Crippen LogP contribution < -0.4 is 10.5 Å². The van der Waals surface area contributed by atoms with Crippen molar-refractivity contribution >= 4 is 43.5 Å². The fraction of sp³-hybridized carbons (Fsp3) is 0.200. The van der Waals surface area contributed by atoms with Crippen molar-refractivity contribution in [2.24, 2.45) is 5.73 Å². The maximum absolute atomic E-state index is 6.19. The highest BCUT2D eigenvalue weighted by atomic mass is 79.9. The van der Waals surface area contributed by atoms with Crippen molar-refractivity contribution in [3.8, 4) is 5.75 Å². The number of hydrogen-bond donors (Lipinski definition) is 1. The minimum Gasteiger partial charge on any atom is -0.488 e. The predicted molar refractivity (Wildman–Crippen MR) is 90.2 cm³/mol. The monoisotopic (exact) mass is 417 g/mol. The van der Waals surface area contributed by atoms with Crippen LogP contribution in [0.25, 0.3) is 0 Å². The van der Waals surface area contributed by atoms with E-state index in [-0.39, 0.29) is 6.04 Å². The van der Waals surface area contributed by atoms with Crippen LogP contribution in [0, 0.1) is 0 Å². The summed E-state index contributed by atoms with van der Waals surface area (Å²) in [5, 5.41) is 0.678. The van der Waals surface area contributed by atoms with Crippen molar-refractivity contribution in [1.29, 1.82) is 0 Å². The van der Waals surface area contributed by atoms with E-state index in [2.05, 4.69) is 31.9 Å². The summed E-state index contributed by atoms with van der Waals surface area (Å²) in [4.78, 5) is 0. The Morgan fingerprint density at radius 2 is 1.80 bits per heavy atom. The number of halogens is 3. The van der Waals surface area contributed by atoms with Gasteiger partial charge in [-0.3, -0.25) is 0 Å². The molecule has 2 rings (SSSR count). The number of benzene rings is 2. The quantitative estimate of drug-likeness (QED) is 0.714. The Hall–Kier alpha value is -0.550. The molecule has 0 bridgehead atoms. The van der Waals surface area contributed by atoms with Crippen LogP contribution in [0.1, 0.15) is 24.1 Å². The lowest BCUT2D eigenvalue weighted by molar-refractivity contribution is 0.301. The standard InChI is InChI=1S/C15H14Br2ClNO/c1-9(19)13-5-4-12(17)7-15(13)20-8-10-2-3-11(16)6-14(10)18/h2-7,9H,8,19H2,1H3. The van der Waals surface area contributed by atoms with Crippen LogP contribution in [-0.4, -0.2) is 0 Å². The van der Waals surface area contributed by atoms with E-state index in [9.17, 15) is 0 Å². The number of rotatable bonds is 4. The second kappa shape index (κ2) is 6.94. The molecule has 2 nitrogen and oxygen atoms in total. The Morgan fingerprint density at radius 3 is 2.45 bits per heavy atom. The summed E-state index contributed by atoms with van der Waals surface area (Å²) in [6.45, 7) is 2.34. The molecule has 0 saturated heterocycles. The minimum absolute atomic E-state index is 0.0847. The molecule has 0 saturated carbocycles. The van der Waals surface area contributed by atoms with Crippen LogP contribution in [-0.2, 0) is 6.61 Å². The highest BCUT2D eigenvalue weighted by Gasteiger charge is 2.10. The molecule has 0 amide bonds. The predicted octanol–water partition coefficient (Wildman–Crippen LogP) is 5.46. The van der Waals surface area contributed by atoms with Crippen LogP contribution >= 0.6 is 43.5 Å². The highest BCUT2D eigenvalue weighted by molar-refractivity contribution is 9.10. The Bertz CT molecular complexity index is 617. The minimum atomic E-state index is -0.0847. The van der Waals surface area contributed by atoms with Crippen molar-refractivity contribution in [1.82, 2.24) is 0 Å². The topological polar surface area (TPSA) is 35.2 Å². The molecule has 0 heterocycles. The summed E-state index contributed by atoms with van der Waals surface area (Å²) < 4.78 is 7.78. The van der Waals surface area contributed by atoms with Crippen LogP contribution in [0.15, 0.2) is 45.3 Å². The molecule has 0 aliphatic rings. The average molecular weight is 420 g/mol. The van der Waals surface area contributed by atoms with E-state index in [4.69, 9.17) is 22.1 Å². The van der Waals surface area contributed by atoms with Crippen molar-refractivity contribution in [2.75, 3.05) is 0 Å². The SMILES string of the molecule is CC(N)c1ccc(Br)cc1OCc1ccc(Br)cc1Cl. The first-order valence-electron chi connectivity index (χ1n) is 6.09. The molecule has 0 aromatic heterocycles. The highest BCUT2D eigenvalue weighted by Crippen LogP contribution is 2.29. The lowest BCUT2D eigenvalue weighted by Gasteiger charge is -2.15. The van der Waals surface area contributed by atoms with Crippen LogP contribution in [0.3, 0.4) is 0 Å². The summed E-state index contributed by atoms with van der Waals surface area (Å²) in [6, 6.07) is 11.5. The first-order chi connectivity index (χ1) is 9.47. The number of nitrogens with two attached hydrogens (primary N) is 1. The summed E-state index contributed by atoms with van der Waals surface area (Å²) >= 11 is 13.0. The van der Waals surface area contributed by atoms with Crippen molar-refractivity contribution in [3.63, 3.8) is 0 Å². The first kappa shape index (κ1) is 15.8. The molecule has 106 valence electrons. The fourth-order valence-electron chi connectivity index (χ4n) is 1.80. The third kappa shape index (κ3) is 3.98. The lowest BCUT2D eigenvalue weighted by Crippen LogP contribution is -2.08. The van der Waals surface area contributed by atoms with Gasteiger partial charge in [-0.05, 0) is 31.2 Å². The zero-order chi connectivity index (χ0) is 14.7. The summed E-state index contributed by atoms with van der Waals surface area (Å²) in [7, 11) is 0. The Labute approximate surface area is 140 Å². The zero-order valence-electron chi connectivity index (χ0n) is 10.9. The molecule has 0 aliphatic heterocycles. The Balaban J connectivity index is 2.20. The molecule has 1 atom stereocenters. The summed E-state index contributed by atoms with van der Waals surface area (Å²) in [6.07, 6.45) is 0. The van der Waals surface area contributed by atoms with Crippen LogP contribution in [0.5, 0.6) is 5.75 Å². The lowest BCUT2D eigenvalue weighted by atomic mass is 10.1. The van der Waals surface area contributed by atoms with E-state index in [1.54, 1.807) is 0 Å². The van der Waals surface area contributed by atoms with E-state index in [1.807, 2.05) is 43.3 Å². The van der Waals surface area contributed by atoms with Crippen LogP contribution in [0.2, 0.25) is 5.02 Å². The molecular weight excluding hydrogens is 405 g/mol. The largest absolute Gasteiger partial charge is 0.488 e. The molecule has 2 N–H and O–H groups in total. The van der Waals surface area contributed by atoms with Gasteiger partial charge in [-0.25, -0.2) is 0 Å². The van der Waals surface area contributed by atoms with Crippen LogP contribution in [0.4, 0.5) is 0 Å². The third-order valence-electron chi connectivity index (χ3n) is 2.86. The van der Waals surface area contributed by atoms with Gasteiger partial charge in [0.05, 0.1) is 0 Å². The molecule has 0 fully saturated rings. The van der Waals surface area contributed by atoms with Gasteiger partial charge in [0.2, 0.25) is 0 Å². The van der Waals surface area contributed by atoms with Gasteiger partial charge in [0.15, 0.2) is 0 Å². The maximum atomic E-state index is 6.19. The van der Waals surface area contributed by atoms with E-state index in [0.717, 1.165) is 25.8 Å². The van der Waals surface area contributed by atoms with Crippen molar-refractivity contribution in [3.05, 3.63) is 61.5 Å². The van der Waals surface area contributed by atoms with Crippen molar-refractivity contribution in [2.45, 2.75) is 19.6 Å².